The predicted molar refractivity (Wildman–Crippen MR) is 68.7 cm³/mol. The number of rotatable bonds is 3. The second kappa shape index (κ2) is 4.94. The molecule has 0 aromatic carbocycles. The molecule has 3 heterocycles. The number of nitrogens with one attached hydrogen (secondary N) is 1. The van der Waals surface area contributed by atoms with E-state index in [9.17, 15) is 4.39 Å². The molecule has 3 nitrogen and oxygen atoms in total. The van der Waals surface area contributed by atoms with Gasteiger partial charge >= 0.3 is 0 Å². The van der Waals surface area contributed by atoms with E-state index in [1.165, 1.54) is 44.6 Å². The van der Waals surface area contributed by atoms with Gasteiger partial charge in [-0.1, -0.05) is 0 Å². The van der Waals surface area contributed by atoms with Gasteiger partial charge < -0.3 is 5.32 Å². The summed E-state index contributed by atoms with van der Waals surface area (Å²) in [4.78, 5) is 6.74. The number of aromatic nitrogens is 1. The molecule has 0 radical (unpaired) electrons. The fraction of sp³-hybridized carbons (Fsp3) is 0.643. The van der Waals surface area contributed by atoms with Crippen LogP contribution in [0, 0.1) is 5.82 Å². The number of nitrogens with zero attached hydrogens (tertiary/aromatic N) is 2. The van der Waals surface area contributed by atoms with Crippen molar-refractivity contribution in [3.63, 3.8) is 0 Å². The van der Waals surface area contributed by atoms with Crippen LogP contribution in [0.1, 0.15) is 37.9 Å². The molecule has 98 valence electrons. The van der Waals surface area contributed by atoms with Gasteiger partial charge in [0.15, 0.2) is 0 Å². The Morgan fingerprint density at radius 3 is 3.06 bits per heavy atom. The monoisotopic (exact) mass is 249 g/mol. The summed E-state index contributed by atoms with van der Waals surface area (Å²) in [5, 5.41) is 3.66. The Morgan fingerprint density at radius 2 is 2.28 bits per heavy atom. The van der Waals surface area contributed by atoms with Gasteiger partial charge in [-0.05, 0) is 44.9 Å². The topological polar surface area (TPSA) is 28.2 Å². The molecule has 3 atom stereocenters. The van der Waals surface area contributed by atoms with Crippen LogP contribution in [-0.4, -0.2) is 35.1 Å². The van der Waals surface area contributed by atoms with Crippen LogP contribution in [0.4, 0.5) is 4.39 Å². The van der Waals surface area contributed by atoms with Crippen LogP contribution in [0.2, 0.25) is 0 Å². The minimum Gasteiger partial charge on any atom is -0.304 e. The zero-order valence-corrected chi connectivity index (χ0v) is 10.8. The molecule has 4 heteroatoms. The van der Waals surface area contributed by atoms with E-state index in [4.69, 9.17) is 0 Å². The Kier molecular flexibility index (Phi) is 3.31. The number of pyridine rings is 1. The van der Waals surface area contributed by atoms with Crippen molar-refractivity contribution in [2.24, 2.45) is 0 Å². The molecule has 0 spiro atoms. The van der Waals surface area contributed by atoms with Gasteiger partial charge in [-0.15, -0.1) is 0 Å². The van der Waals surface area contributed by atoms with E-state index in [2.05, 4.69) is 22.1 Å². The van der Waals surface area contributed by atoms with Crippen molar-refractivity contribution in [1.82, 2.24) is 15.2 Å². The number of hydrogen-bond acceptors (Lipinski definition) is 3. The molecule has 1 aromatic heterocycles. The SMILES string of the molecule is CC(NC1CCN2CCCC12)c1ccc(F)cn1. The number of fused-ring (bicyclic) bond motifs is 1. The Bertz CT molecular complexity index is 406. The van der Waals surface area contributed by atoms with Crippen LogP contribution in [0.3, 0.4) is 0 Å². The van der Waals surface area contributed by atoms with E-state index in [1.807, 2.05) is 0 Å². The zero-order valence-electron chi connectivity index (χ0n) is 10.8. The normalized spacial score (nSPS) is 29.4. The number of halogens is 1. The van der Waals surface area contributed by atoms with E-state index in [1.54, 1.807) is 6.07 Å². The molecule has 1 aromatic rings. The summed E-state index contributed by atoms with van der Waals surface area (Å²) in [5.41, 5.74) is 0.924. The Balaban J connectivity index is 1.64. The van der Waals surface area contributed by atoms with Gasteiger partial charge in [0.05, 0.1) is 11.9 Å². The Morgan fingerprint density at radius 1 is 1.39 bits per heavy atom. The largest absolute Gasteiger partial charge is 0.304 e. The Hall–Kier alpha value is -1.00. The maximum absolute atomic E-state index is 12.8. The molecule has 2 aliphatic rings. The average Bonchev–Trinajstić information content (AvgIpc) is 2.95. The molecule has 2 aliphatic heterocycles. The minimum absolute atomic E-state index is 0.191. The highest BCUT2D eigenvalue weighted by Crippen LogP contribution is 2.29. The summed E-state index contributed by atoms with van der Waals surface area (Å²) in [6.07, 6.45) is 5.15. The van der Waals surface area contributed by atoms with E-state index < -0.39 is 0 Å². The first kappa shape index (κ1) is 12.1. The van der Waals surface area contributed by atoms with Crippen molar-refractivity contribution < 1.29 is 4.39 Å². The highest BCUT2D eigenvalue weighted by molar-refractivity contribution is 5.10. The third-order valence-electron chi connectivity index (χ3n) is 4.26. The second-order valence-corrected chi connectivity index (χ2v) is 5.43. The van der Waals surface area contributed by atoms with Crippen LogP contribution in [-0.2, 0) is 0 Å². The lowest BCUT2D eigenvalue weighted by molar-refractivity contribution is 0.290. The standard InChI is InChI=1S/C14H20FN3/c1-10(12-5-4-11(15)9-16-12)17-13-6-8-18-7-2-3-14(13)18/h4-5,9-10,13-14,17H,2-3,6-8H2,1H3. The highest BCUT2D eigenvalue weighted by atomic mass is 19.1. The lowest BCUT2D eigenvalue weighted by atomic mass is 10.0. The molecule has 3 unspecified atom stereocenters. The molecule has 0 amide bonds. The van der Waals surface area contributed by atoms with Gasteiger partial charge in [-0.3, -0.25) is 9.88 Å². The highest BCUT2D eigenvalue weighted by Gasteiger charge is 2.37. The first-order valence-corrected chi connectivity index (χ1v) is 6.85. The first-order chi connectivity index (χ1) is 8.74. The predicted octanol–water partition coefficient (Wildman–Crippen LogP) is 2.11. The molecule has 0 aliphatic carbocycles. The second-order valence-electron chi connectivity index (χ2n) is 5.43. The van der Waals surface area contributed by atoms with Gasteiger partial charge in [0, 0.05) is 24.7 Å². The first-order valence-electron chi connectivity index (χ1n) is 6.85. The summed E-state index contributed by atoms with van der Waals surface area (Å²) in [6.45, 7) is 4.58. The van der Waals surface area contributed by atoms with Crippen molar-refractivity contribution in [2.75, 3.05) is 13.1 Å². The van der Waals surface area contributed by atoms with Gasteiger partial charge in [-0.2, -0.15) is 0 Å². The maximum atomic E-state index is 12.8. The van der Waals surface area contributed by atoms with Crippen LogP contribution in [0.25, 0.3) is 0 Å². The van der Waals surface area contributed by atoms with Crippen LogP contribution in [0.15, 0.2) is 18.3 Å². The molecule has 0 bridgehead atoms. The summed E-state index contributed by atoms with van der Waals surface area (Å²) in [7, 11) is 0. The molecule has 1 N–H and O–H groups in total. The van der Waals surface area contributed by atoms with E-state index >= 15 is 0 Å². The fourth-order valence-corrected chi connectivity index (χ4v) is 3.33. The maximum Gasteiger partial charge on any atom is 0.141 e. The molecule has 18 heavy (non-hydrogen) atoms. The molecule has 0 saturated carbocycles. The average molecular weight is 249 g/mol. The van der Waals surface area contributed by atoms with E-state index in [0.717, 1.165) is 5.69 Å². The minimum atomic E-state index is -0.270. The molecule has 3 rings (SSSR count). The van der Waals surface area contributed by atoms with Crippen molar-refractivity contribution in [1.29, 1.82) is 0 Å². The van der Waals surface area contributed by atoms with Gasteiger partial charge in [0.2, 0.25) is 0 Å². The van der Waals surface area contributed by atoms with Crippen LogP contribution >= 0.6 is 0 Å². The smallest absolute Gasteiger partial charge is 0.141 e. The molecular formula is C14H20FN3. The number of hydrogen-bond donors (Lipinski definition) is 1. The van der Waals surface area contributed by atoms with Gasteiger partial charge in [0.25, 0.3) is 0 Å². The summed E-state index contributed by atoms with van der Waals surface area (Å²) in [5.74, 6) is -0.270. The fourth-order valence-electron chi connectivity index (χ4n) is 3.33. The third kappa shape index (κ3) is 2.27. The summed E-state index contributed by atoms with van der Waals surface area (Å²) < 4.78 is 12.8. The molecule has 2 fully saturated rings. The van der Waals surface area contributed by atoms with Crippen LogP contribution < -0.4 is 5.32 Å². The lowest BCUT2D eigenvalue weighted by Gasteiger charge is -2.24. The molecule has 2 saturated heterocycles. The van der Waals surface area contributed by atoms with Gasteiger partial charge in [0.1, 0.15) is 5.82 Å². The quantitative estimate of drug-likeness (QED) is 0.889. The van der Waals surface area contributed by atoms with Crippen molar-refractivity contribution in [2.45, 2.75) is 44.3 Å². The third-order valence-corrected chi connectivity index (χ3v) is 4.26. The summed E-state index contributed by atoms with van der Waals surface area (Å²) >= 11 is 0. The van der Waals surface area contributed by atoms with Crippen molar-refractivity contribution in [3.8, 4) is 0 Å². The van der Waals surface area contributed by atoms with Crippen molar-refractivity contribution in [3.05, 3.63) is 29.8 Å². The lowest BCUT2D eigenvalue weighted by Crippen LogP contribution is -2.40. The molecular weight excluding hydrogens is 229 g/mol. The van der Waals surface area contributed by atoms with E-state index in [0.29, 0.717) is 12.1 Å². The Labute approximate surface area is 107 Å². The zero-order chi connectivity index (χ0) is 12.5. The van der Waals surface area contributed by atoms with E-state index in [-0.39, 0.29) is 11.9 Å². The van der Waals surface area contributed by atoms with Gasteiger partial charge in [-0.25, -0.2) is 4.39 Å². The van der Waals surface area contributed by atoms with Crippen molar-refractivity contribution >= 4 is 0 Å². The summed E-state index contributed by atoms with van der Waals surface area (Å²) in [6, 6.07) is 4.71. The van der Waals surface area contributed by atoms with Crippen LogP contribution in [0.5, 0.6) is 0 Å².